The molecule has 1 fully saturated rings. The van der Waals surface area contributed by atoms with Gasteiger partial charge in [-0.3, -0.25) is 14.9 Å². The first-order valence-corrected chi connectivity index (χ1v) is 7.69. The highest BCUT2D eigenvalue weighted by atomic mass is 35.5. The molecule has 1 aromatic heterocycles. The molecule has 2 heterocycles. The number of nitrogens with zero attached hydrogens (tertiary/aromatic N) is 5. The number of nitro benzene ring substituents is 1. The molecule has 0 saturated carbocycles. The van der Waals surface area contributed by atoms with Gasteiger partial charge in [-0.05, 0) is 18.2 Å². The Labute approximate surface area is 142 Å². The molecule has 1 aromatic carbocycles. The van der Waals surface area contributed by atoms with Crippen LogP contribution in [0.3, 0.4) is 0 Å². The number of nitro groups is 1. The lowest BCUT2D eigenvalue weighted by Crippen LogP contribution is -2.49. The van der Waals surface area contributed by atoms with Crippen LogP contribution in [0.1, 0.15) is 10.4 Å². The molecule has 1 saturated heterocycles. The second-order valence-corrected chi connectivity index (χ2v) is 5.68. The van der Waals surface area contributed by atoms with Crippen LogP contribution >= 0.6 is 11.6 Å². The van der Waals surface area contributed by atoms with E-state index in [-0.39, 0.29) is 22.2 Å². The standard InChI is InChI=1S/C15H14ClN5O3/c16-11-2-3-12(13(10-11)21(23)24)14(22)19-6-8-20(9-7-19)15-17-4-1-5-18-15/h1-5,10H,6-9H2. The summed E-state index contributed by atoms with van der Waals surface area (Å²) in [6.45, 7) is 2.02. The van der Waals surface area contributed by atoms with Gasteiger partial charge in [0.25, 0.3) is 11.6 Å². The lowest BCUT2D eigenvalue weighted by atomic mass is 10.1. The molecule has 0 aliphatic carbocycles. The van der Waals surface area contributed by atoms with Crippen molar-refractivity contribution in [3.63, 3.8) is 0 Å². The number of aromatic nitrogens is 2. The number of carbonyl (C=O) groups is 1. The maximum atomic E-state index is 12.6. The van der Waals surface area contributed by atoms with Crippen molar-refractivity contribution < 1.29 is 9.72 Å². The quantitative estimate of drug-likeness (QED) is 0.622. The van der Waals surface area contributed by atoms with Gasteiger partial charge >= 0.3 is 0 Å². The van der Waals surface area contributed by atoms with E-state index in [1.165, 1.54) is 18.2 Å². The Morgan fingerprint density at radius 1 is 1.17 bits per heavy atom. The molecule has 2 aromatic rings. The summed E-state index contributed by atoms with van der Waals surface area (Å²) >= 11 is 5.79. The van der Waals surface area contributed by atoms with Crippen LogP contribution in [0.25, 0.3) is 0 Å². The number of piperazine rings is 1. The number of hydrogen-bond donors (Lipinski definition) is 0. The third kappa shape index (κ3) is 3.28. The van der Waals surface area contributed by atoms with E-state index in [9.17, 15) is 14.9 Å². The minimum absolute atomic E-state index is 0.0498. The Hall–Kier alpha value is -2.74. The minimum atomic E-state index is -0.590. The van der Waals surface area contributed by atoms with E-state index < -0.39 is 4.92 Å². The Morgan fingerprint density at radius 3 is 2.46 bits per heavy atom. The molecule has 0 bridgehead atoms. The minimum Gasteiger partial charge on any atom is -0.337 e. The van der Waals surface area contributed by atoms with Crippen molar-refractivity contribution in [2.45, 2.75) is 0 Å². The van der Waals surface area contributed by atoms with Crippen LogP contribution in [-0.4, -0.2) is 51.9 Å². The molecule has 8 nitrogen and oxygen atoms in total. The highest BCUT2D eigenvalue weighted by molar-refractivity contribution is 6.31. The summed E-state index contributed by atoms with van der Waals surface area (Å²) in [6.07, 6.45) is 3.33. The summed E-state index contributed by atoms with van der Waals surface area (Å²) in [6, 6.07) is 5.82. The number of carbonyl (C=O) groups excluding carboxylic acids is 1. The summed E-state index contributed by atoms with van der Waals surface area (Å²) < 4.78 is 0. The molecule has 24 heavy (non-hydrogen) atoms. The summed E-state index contributed by atoms with van der Waals surface area (Å²) in [5.74, 6) is 0.245. The van der Waals surface area contributed by atoms with Gasteiger partial charge in [0, 0.05) is 49.7 Å². The zero-order chi connectivity index (χ0) is 17.1. The summed E-state index contributed by atoms with van der Waals surface area (Å²) in [5, 5.41) is 11.4. The van der Waals surface area contributed by atoms with Crippen LogP contribution in [0.5, 0.6) is 0 Å². The number of rotatable bonds is 3. The second-order valence-electron chi connectivity index (χ2n) is 5.25. The SMILES string of the molecule is O=C(c1ccc(Cl)cc1[N+](=O)[O-])N1CCN(c2ncccn2)CC1. The molecule has 0 unspecified atom stereocenters. The monoisotopic (exact) mass is 347 g/mol. The average molecular weight is 348 g/mol. The molecule has 124 valence electrons. The molecular formula is C15H14ClN5O3. The molecule has 1 aliphatic heterocycles. The lowest BCUT2D eigenvalue weighted by Gasteiger charge is -2.34. The van der Waals surface area contributed by atoms with Crippen LogP contribution in [-0.2, 0) is 0 Å². The largest absolute Gasteiger partial charge is 0.337 e. The summed E-state index contributed by atoms with van der Waals surface area (Å²) in [4.78, 5) is 35.1. The number of anilines is 1. The molecule has 0 spiro atoms. The van der Waals surface area contributed by atoms with E-state index >= 15 is 0 Å². The van der Waals surface area contributed by atoms with E-state index in [1.54, 1.807) is 23.4 Å². The molecule has 0 atom stereocenters. The van der Waals surface area contributed by atoms with E-state index in [4.69, 9.17) is 11.6 Å². The Balaban J connectivity index is 1.73. The highest BCUT2D eigenvalue weighted by Crippen LogP contribution is 2.25. The fourth-order valence-corrected chi connectivity index (χ4v) is 2.74. The van der Waals surface area contributed by atoms with Gasteiger partial charge in [-0.2, -0.15) is 0 Å². The van der Waals surface area contributed by atoms with Crippen LogP contribution < -0.4 is 4.90 Å². The van der Waals surface area contributed by atoms with Crippen LogP contribution in [0.2, 0.25) is 5.02 Å². The molecule has 1 amide bonds. The third-order valence-electron chi connectivity index (χ3n) is 3.79. The maximum absolute atomic E-state index is 12.6. The van der Waals surface area contributed by atoms with E-state index in [0.29, 0.717) is 32.1 Å². The number of amides is 1. The van der Waals surface area contributed by atoms with Gasteiger partial charge in [-0.25, -0.2) is 9.97 Å². The first-order valence-electron chi connectivity index (χ1n) is 7.31. The fraction of sp³-hybridized carbons (Fsp3) is 0.267. The number of hydrogen-bond acceptors (Lipinski definition) is 6. The van der Waals surface area contributed by atoms with Crippen molar-refractivity contribution in [3.05, 3.63) is 57.4 Å². The van der Waals surface area contributed by atoms with Gasteiger partial charge < -0.3 is 9.80 Å². The molecular weight excluding hydrogens is 334 g/mol. The zero-order valence-corrected chi connectivity index (χ0v) is 13.4. The zero-order valence-electron chi connectivity index (χ0n) is 12.6. The van der Waals surface area contributed by atoms with Crippen LogP contribution in [0.4, 0.5) is 11.6 Å². The molecule has 3 rings (SSSR count). The first-order chi connectivity index (χ1) is 11.6. The smallest absolute Gasteiger partial charge is 0.283 e. The Bertz CT molecular complexity index is 763. The second kappa shape index (κ2) is 6.79. The predicted octanol–water partition coefficient (Wildman–Crippen LogP) is 2.00. The summed E-state index contributed by atoms with van der Waals surface area (Å²) in [5.41, 5.74) is -0.227. The van der Waals surface area contributed by atoms with Crippen LogP contribution in [0.15, 0.2) is 36.7 Å². The fourth-order valence-electron chi connectivity index (χ4n) is 2.57. The van der Waals surface area contributed by atoms with Gasteiger partial charge in [0.15, 0.2) is 0 Å². The van der Waals surface area contributed by atoms with Gasteiger partial charge in [0.1, 0.15) is 5.56 Å². The van der Waals surface area contributed by atoms with Crippen molar-refractivity contribution in [2.75, 3.05) is 31.1 Å². The topological polar surface area (TPSA) is 92.5 Å². The summed E-state index contributed by atoms with van der Waals surface area (Å²) in [7, 11) is 0. The normalized spacial score (nSPS) is 14.5. The molecule has 9 heteroatoms. The third-order valence-corrected chi connectivity index (χ3v) is 4.02. The lowest BCUT2D eigenvalue weighted by molar-refractivity contribution is -0.385. The Morgan fingerprint density at radius 2 is 1.83 bits per heavy atom. The van der Waals surface area contributed by atoms with Crippen molar-refractivity contribution in [2.24, 2.45) is 0 Å². The van der Waals surface area contributed by atoms with Gasteiger partial charge in [0.05, 0.1) is 4.92 Å². The highest BCUT2D eigenvalue weighted by Gasteiger charge is 2.28. The molecule has 1 aliphatic rings. The molecule has 0 N–H and O–H groups in total. The van der Waals surface area contributed by atoms with E-state index in [1.807, 2.05) is 4.90 Å². The van der Waals surface area contributed by atoms with Crippen molar-refractivity contribution >= 4 is 29.1 Å². The van der Waals surface area contributed by atoms with Gasteiger partial charge in [-0.1, -0.05) is 11.6 Å². The molecule has 0 radical (unpaired) electrons. The van der Waals surface area contributed by atoms with Crippen LogP contribution in [0, 0.1) is 10.1 Å². The maximum Gasteiger partial charge on any atom is 0.283 e. The van der Waals surface area contributed by atoms with E-state index in [2.05, 4.69) is 9.97 Å². The first kappa shape index (κ1) is 16.1. The van der Waals surface area contributed by atoms with E-state index in [0.717, 1.165) is 0 Å². The number of benzene rings is 1. The predicted molar refractivity (Wildman–Crippen MR) is 88.3 cm³/mol. The van der Waals surface area contributed by atoms with Crippen molar-refractivity contribution in [1.82, 2.24) is 14.9 Å². The average Bonchev–Trinajstić information content (AvgIpc) is 2.62. The van der Waals surface area contributed by atoms with Gasteiger partial charge in [-0.15, -0.1) is 0 Å². The van der Waals surface area contributed by atoms with Crippen molar-refractivity contribution in [1.29, 1.82) is 0 Å². The Kier molecular flexibility index (Phi) is 4.57. The van der Waals surface area contributed by atoms with Gasteiger partial charge in [0.2, 0.25) is 5.95 Å². The number of halogens is 1. The van der Waals surface area contributed by atoms with Crippen molar-refractivity contribution in [3.8, 4) is 0 Å².